The number of rotatable bonds is 6. The molecule has 0 fully saturated rings. The Labute approximate surface area is 109 Å². The number of carboxylic acid groups (broad SMARTS) is 1. The first kappa shape index (κ1) is 17.7. The zero-order valence-corrected chi connectivity index (χ0v) is 11.2. The Morgan fingerprint density at radius 1 is 1.21 bits per heavy atom. The number of carbonyl (C=O) groups excluding carboxylic acids is 1. The Bertz CT molecular complexity index is 318. The van der Waals surface area contributed by atoms with Crippen molar-refractivity contribution in [3.05, 3.63) is 0 Å². The first-order valence-electron chi connectivity index (χ1n) is 5.92. The molecule has 1 N–H and O–H groups in total. The van der Waals surface area contributed by atoms with Crippen LogP contribution >= 0.6 is 0 Å². The summed E-state index contributed by atoms with van der Waals surface area (Å²) in [6.07, 6.45) is -6.29. The highest BCUT2D eigenvalue weighted by atomic mass is 19.4. The number of hydrogen-bond donors (Lipinski definition) is 1. The summed E-state index contributed by atoms with van der Waals surface area (Å²) in [6, 6.07) is 0. The summed E-state index contributed by atoms with van der Waals surface area (Å²) in [7, 11) is 0. The minimum absolute atomic E-state index is 0.200. The molecule has 0 spiro atoms. The summed E-state index contributed by atoms with van der Waals surface area (Å²) in [5, 5.41) is 8.86. The molecule has 0 bridgehead atoms. The molecule has 7 heteroatoms. The molecule has 0 saturated heterocycles. The molecule has 1 atom stereocenters. The third kappa shape index (κ3) is 10.3. The van der Waals surface area contributed by atoms with E-state index in [0.29, 0.717) is 0 Å². The van der Waals surface area contributed by atoms with Crippen LogP contribution in [0, 0.1) is 5.92 Å². The third-order valence-electron chi connectivity index (χ3n) is 2.20. The molecule has 0 aromatic rings. The number of halogens is 3. The van der Waals surface area contributed by atoms with Gasteiger partial charge < -0.3 is 9.84 Å². The van der Waals surface area contributed by atoms with Crippen LogP contribution in [0.25, 0.3) is 0 Å². The highest BCUT2D eigenvalue weighted by Gasteiger charge is 2.29. The van der Waals surface area contributed by atoms with Crippen LogP contribution < -0.4 is 0 Å². The van der Waals surface area contributed by atoms with E-state index < -0.39 is 42.5 Å². The van der Waals surface area contributed by atoms with Gasteiger partial charge in [0, 0.05) is 6.42 Å². The van der Waals surface area contributed by atoms with Crippen molar-refractivity contribution in [3.8, 4) is 0 Å². The highest BCUT2D eigenvalue weighted by Crippen LogP contribution is 2.25. The second kappa shape index (κ2) is 6.77. The van der Waals surface area contributed by atoms with Gasteiger partial charge in [-0.25, -0.2) is 0 Å². The van der Waals surface area contributed by atoms with Gasteiger partial charge in [-0.1, -0.05) is 0 Å². The normalized spacial score (nSPS) is 14.0. The Balaban J connectivity index is 4.28. The number of hydrogen-bond acceptors (Lipinski definition) is 3. The number of aliphatic carboxylic acids is 1. The van der Waals surface area contributed by atoms with Crippen molar-refractivity contribution in [2.45, 2.75) is 58.2 Å². The molecule has 0 radical (unpaired) electrons. The molecular formula is C12H19F3O4. The highest BCUT2D eigenvalue weighted by molar-refractivity contribution is 5.78. The molecule has 0 unspecified atom stereocenters. The van der Waals surface area contributed by atoms with Gasteiger partial charge >= 0.3 is 18.1 Å². The molecule has 0 saturated carbocycles. The van der Waals surface area contributed by atoms with Crippen molar-refractivity contribution in [1.82, 2.24) is 0 Å². The van der Waals surface area contributed by atoms with Crippen LogP contribution in [0.15, 0.2) is 0 Å². The molecule has 0 aliphatic heterocycles. The molecular weight excluding hydrogens is 265 g/mol. The Morgan fingerprint density at radius 2 is 1.74 bits per heavy atom. The molecule has 0 aliphatic carbocycles. The van der Waals surface area contributed by atoms with Gasteiger partial charge in [-0.15, -0.1) is 0 Å². The van der Waals surface area contributed by atoms with Crippen LogP contribution in [-0.4, -0.2) is 28.8 Å². The van der Waals surface area contributed by atoms with Crippen molar-refractivity contribution < 1.29 is 32.6 Å². The van der Waals surface area contributed by atoms with E-state index in [1.54, 1.807) is 20.8 Å². The zero-order valence-electron chi connectivity index (χ0n) is 11.2. The smallest absolute Gasteiger partial charge is 0.389 e. The monoisotopic (exact) mass is 284 g/mol. The predicted molar refractivity (Wildman–Crippen MR) is 61.5 cm³/mol. The largest absolute Gasteiger partial charge is 0.481 e. The van der Waals surface area contributed by atoms with E-state index in [9.17, 15) is 22.8 Å². The first-order chi connectivity index (χ1) is 8.41. The first-order valence-corrected chi connectivity index (χ1v) is 5.92. The van der Waals surface area contributed by atoms with Crippen molar-refractivity contribution in [2.75, 3.05) is 0 Å². The summed E-state index contributed by atoms with van der Waals surface area (Å²) in [4.78, 5) is 22.3. The number of carboxylic acids is 1. The summed E-state index contributed by atoms with van der Waals surface area (Å²) in [5.41, 5.74) is -0.744. The SMILES string of the molecule is CC(C)(C)OC(=O)C[C@@H](CCCC(F)(F)F)C(=O)O. The second-order valence-electron chi connectivity index (χ2n) is 5.33. The van der Waals surface area contributed by atoms with Crippen molar-refractivity contribution in [3.63, 3.8) is 0 Å². The minimum Gasteiger partial charge on any atom is -0.481 e. The molecule has 0 heterocycles. The molecule has 112 valence electrons. The Kier molecular flexibility index (Phi) is 6.32. The van der Waals surface area contributed by atoms with Gasteiger partial charge in [-0.2, -0.15) is 13.2 Å². The van der Waals surface area contributed by atoms with Crippen LogP contribution in [0.5, 0.6) is 0 Å². The lowest BCUT2D eigenvalue weighted by molar-refractivity contribution is -0.160. The summed E-state index contributed by atoms with van der Waals surface area (Å²) in [6.45, 7) is 4.89. The summed E-state index contributed by atoms with van der Waals surface area (Å²) in [5.74, 6) is -3.14. The molecule has 0 rings (SSSR count). The van der Waals surface area contributed by atoms with Gasteiger partial charge in [-0.3, -0.25) is 9.59 Å². The standard InChI is InChI=1S/C12H19F3O4/c1-11(2,3)19-9(16)7-8(10(17)18)5-4-6-12(13,14)15/h8H,4-7H2,1-3H3,(H,17,18)/t8-/m1/s1. The molecule has 4 nitrogen and oxygen atoms in total. The van der Waals surface area contributed by atoms with Crippen LogP contribution in [0.2, 0.25) is 0 Å². The van der Waals surface area contributed by atoms with E-state index in [0.717, 1.165) is 0 Å². The van der Waals surface area contributed by atoms with Crippen LogP contribution in [0.3, 0.4) is 0 Å². The Morgan fingerprint density at radius 3 is 2.11 bits per heavy atom. The number of carbonyl (C=O) groups is 2. The fraction of sp³-hybridized carbons (Fsp3) is 0.833. The lowest BCUT2D eigenvalue weighted by atomic mass is 9.98. The topological polar surface area (TPSA) is 63.6 Å². The van der Waals surface area contributed by atoms with Gasteiger partial charge in [0.25, 0.3) is 0 Å². The minimum atomic E-state index is -4.31. The quantitative estimate of drug-likeness (QED) is 0.761. The lowest BCUT2D eigenvalue weighted by Gasteiger charge is -2.21. The van der Waals surface area contributed by atoms with E-state index in [2.05, 4.69) is 0 Å². The average Bonchev–Trinajstić information content (AvgIpc) is 2.10. The van der Waals surface area contributed by atoms with E-state index in [1.165, 1.54) is 0 Å². The van der Waals surface area contributed by atoms with Gasteiger partial charge in [0.1, 0.15) is 5.60 Å². The third-order valence-corrected chi connectivity index (χ3v) is 2.20. The van der Waals surface area contributed by atoms with Crippen LogP contribution in [-0.2, 0) is 14.3 Å². The van der Waals surface area contributed by atoms with Gasteiger partial charge in [0.05, 0.1) is 12.3 Å². The van der Waals surface area contributed by atoms with Gasteiger partial charge in [0.2, 0.25) is 0 Å². The van der Waals surface area contributed by atoms with Crippen LogP contribution in [0.1, 0.15) is 46.5 Å². The summed E-state index contributed by atoms with van der Waals surface area (Å²) >= 11 is 0. The van der Waals surface area contributed by atoms with Gasteiger partial charge in [-0.05, 0) is 33.6 Å². The lowest BCUT2D eigenvalue weighted by Crippen LogP contribution is -2.27. The second-order valence-corrected chi connectivity index (χ2v) is 5.33. The van der Waals surface area contributed by atoms with E-state index in [-0.39, 0.29) is 12.8 Å². The van der Waals surface area contributed by atoms with E-state index >= 15 is 0 Å². The molecule has 19 heavy (non-hydrogen) atoms. The Hall–Kier alpha value is -1.27. The number of esters is 1. The maximum atomic E-state index is 12.0. The maximum absolute atomic E-state index is 12.0. The van der Waals surface area contributed by atoms with Crippen LogP contribution in [0.4, 0.5) is 13.2 Å². The van der Waals surface area contributed by atoms with Crippen molar-refractivity contribution in [1.29, 1.82) is 0 Å². The average molecular weight is 284 g/mol. The predicted octanol–water partition coefficient (Wildman–Crippen LogP) is 3.15. The van der Waals surface area contributed by atoms with Crippen molar-refractivity contribution in [2.24, 2.45) is 5.92 Å². The van der Waals surface area contributed by atoms with E-state index in [1.807, 2.05) is 0 Å². The number of alkyl halides is 3. The fourth-order valence-electron chi connectivity index (χ4n) is 1.45. The molecule has 0 aromatic carbocycles. The number of ether oxygens (including phenoxy) is 1. The molecule has 0 aromatic heterocycles. The molecule has 0 aliphatic rings. The van der Waals surface area contributed by atoms with Crippen molar-refractivity contribution >= 4 is 11.9 Å². The van der Waals surface area contributed by atoms with E-state index in [4.69, 9.17) is 9.84 Å². The fourth-order valence-corrected chi connectivity index (χ4v) is 1.45. The van der Waals surface area contributed by atoms with Gasteiger partial charge in [0.15, 0.2) is 0 Å². The molecule has 0 amide bonds. The zero-order chi connectivity index (χ0) is 15.3. The summed E-state index contributed by atoms with van der Waals surface area (Å²) < 4.78 is 40.8. The maximum Gasteiger partial charge on any atom is 0.389 e.